The molecule has 3 rings (SSSR count). The van der Waals surface area contributed by atoms with Gasteiger partial charge in [-0.05, 0) is 28.1 Å². The van der Waals surface area contributed by atoms with Crippen molar-refractivity contribution in [1.82, 2.24) is 19.6 Å². The predicted molar refractivity (Wildman–Crippen MR) is 67.8 cm³/mol. The van der Waals surface area contributed by atoms with Crippen molar-refractivity contribution in [1.29, 1.82) is 0 Å². The number of halogens is 1. The molecule has 0 saturated carbocycles. The number of rotatable bonds is 2. The van der Waals surface area contributed by atoms with Gasteiger partial charge < -0.3 is 4.74 Å². The first-order chi connectivity index (χ1) is 8.74. The zero-order valence-corrected chi connectivity index (χ0v) is 10.6. The van der Waals surface area contributed by atoms with E-state index in [0.717, 1.165) is 4.47 Å². The van der Waals surface area contributed by atoms with Crippen LogP contribution in [-0.4, -0.2) is 19.6 Å². The lowest BCUT2D eigenvalue weighted by Gasteiger charge is -2.05. The first-order valence-electron chi connectivity index (χ1n) is 5.09. The van der Waals surface area contributed by atoms with Crippen LogP contribution in [0.15, 0.2) is 45.9 Å². The van der Waals surface area contributed by atoms with Gasteiger partial charge in [0.05, 0.1) is 4.47 Å². The molecule has 1 N–H and O–H groups in total. The van der Waals surface area contributed by atoms with E-state index in [1.54, 1.807) is 6.07 Å². The van der Waals surface area contributed by atoms with Gasteiger partial charge in [-0.1, -0.05) is 12.1 Å². The Labute approximate surface area is 109 Å². The molecule has 2 aromatic heterocycles. The van der Waals surface area contributed by atoms with Crippen LogP contribution in [0.2, 0.25) is 0 Å². The third kappa shape index (κ3) is 1.88. The molecular formula is C11H7BrN4O2. The molecule has 0 saturated heterocycles. The van der Waals surface area contributed by atoms with Gasteiger partial charge in [0.25, 0.3) is 0 Å². The van der Waals surface area contributed by atoms with E-state index in [-0.39, 0.29) is 5.69 Å². The number of aromatic amines is 1. The van der Waals surface area contributed by atoms with Crippen LogP contribution in [0, 0.1) is 0 Å². The van der Waals surface area contributed by atoms with Gasteiger partial charge in [0.15, 0.2) is 5.65 Å². The second-order valence-corrected chi connectivity index (χ2v) is 4.37. The summed E-state index contributed by atoms with van der Waals surface area (Å²) in [6, 6.07) is 9.01. The maximum absolute atomic E-state index is 11.3. The molecule has 0 aliphatic heterocycles. The molecule has 0 amide bonds. The van der Waals surface area contributed by atoms with Crippen LogP contribution in [0.25, 0.3) is 5.65 Å². The molecule has 6 nitrogen and oxygen atoms in total. The second kappa shape index (κ2) is 4.26. The lowest BCUT2D eigenvalue weighted by Crippen LogP contribution is -2.09. The highest BCUT2D eigenvalue weighted by Crippen LogP contribution is 2.28. The number of para-hydroxylation sites is 1. The van der Waals surface area contributed by atoms with Crippen LogP contribution in [0.5, 0.6) is 11.6 Å². The fourth-order valence-electron chi connectivity index (χ4n) is 1.49. The van der Waals surface area contributed by atoms with E-state index in [2.05, 4.69) is 31.1 Å². The fourth-order valence-corrected chi connectivity index (χ4v) is 1.85. The molecule has 0 bridgehead atoms. The molecule has 3 aromatic rings. The van der Waals surface area contributed by atoms with Crippen molar-refractivity contribution >= 4 is 21.6 Å². The second-order valence-electron chi connectivity index (χ2n) is 3.52. The van der Waals surface area contributed by atoms with E-state index >= 15 is 0 Å². The monoisotopic (exact) mass is 306 g/mol. The normalized spacial score (nSPS) is 10.7. The lowest BCUT2D eigenvalue weighted by molar-refractivity contribution is 0.459. The topological polar surface area (TPSA) is 72.3 Å². The van der Waals surface area contributed by atoms with Crippen molar-refractivity contribution in [2.75, 3.05) is 0 Å². The van der Waals surface area contributed by atoms with Crippen molar-refractivity contribution in [3.05, 3.63) is 51.6 Å². The maximum atomic E-state index is 11.3. The Kier molecular flexibility index (Phi) is 2.60. The fraction of sp³-hybridized carbons (Fsp3) is 0. The van der Waals surface area contributed by atoms with Crippen LogP contribution in [0.1, 0.15) is 0 Å². The van der Waals surface area contributed by atoms with Crippen molar-refractivity contribution in [3.63, 3.8) is 0 Å². The summed E-state index contributed by atoms with van der Waals surface area (Å²) in [6.07, 6.45) is 1.37. The van der Waals surface area contributed by atoms with Crippen molar-refractivity contribution in [2.24, 2.45) is 0 Å². The van der Waals surface area contributed by atoms with Crippen LogP contribution in [0.4, 0.5) is 0 Å². The van der Waals surface area contributed by atoms with Gasteiger partial charge in [0, 0.05) is 6.07 Å². The zero-order valence-electron chi connectivity index (χ0n) is 9.00. The van der Waals surface area contributed by atoms with E-state index in [4.69, 9.17) is 4.74 Å². The standard InChI is InChI=1S/C11H7BrN4O2/c12-7-3-1-2-4-8(7)18-10-5-9-14-15-11(17)16(9)6-13-10/h1-6H,(H,15,17). The summed E-state index contributed by atoms with van der Waals surface area (Å²) in [6.45, 7) is 0. The SMILES string of the molecule is O=c1[nH]nc2cc(Oc3ccccc3Br)ncn12. The summed E-state index contributed by atoms with van der Waals surface area (Å²) in [5.41, 5.74) is 0.127. The number of nitrogens with one attached hydrogen (secondary N) is 1. The number of benzene rings is 1. The summed E-state index contributed by atoms with van der Waals surface area (Å²) in [4.78, 5) is 15.3. The van der Waals surface area contributed by atoms with Gasteiger partial charge in [-0.3, -0.25) is 0 Å². The molecule has 0 aliphatic carbocycles. The number of H-pyrrole nitrogens is 1. The van der Waals surface area contributed by atoms with E-state index < -0.39 is 0 Å². The molecule has 90 valence electrons. The van der Waals surface area contributed by atoms with E-state index in [1.807, 2.05) is 24.3 Å². The molecule has 7 heteroatoms. The van der Waals surface area contributed by atoms with Crippen molar-refractivity contribution < 1.29 is 4.74 Å². The van der Waals surface area contributed by atoms with Crippen LogP contribution in [-0.2, 0) is 0 Å². The average molecular weight is 307 g/mol. The van der Waals surface area contributed by atoms with Gasteiger partial charge in [0.1, 0.15) is 12.1 Å². The smallest absolute Gasteiger partial charge is 0.348 e. The Morgan fingerprint density at radius 2 is 2.17 bits per heavy atom. The first-order valence-corrected chi connectivity index (χ1v) is 5.88. The minimum atomic E-state index is -0.329. The van der Waals surface area contributed by atoms with Gasteiger partial charge in [-0.25, -0.2) is 19.3 Å². The molecule has 18 heavy (non-hydrogen) atoms. The molecular weight excluding hydrogens is 300 g/mol. The quantitative estimate of drug-likeness (QED) is 0.785. The number of aromatic nitrogens is 4. The molecule has 0 fully saturated rings. The zero-order chi connectivity index (χ0) is 12.5. The summed E-state index contributed by atoms with van der Waals surface area (Å²) in [5.74, 6) is 1.01. The highest BCUT2D eigenvalue weighted by atomic mass is 79.9. The molecule has 0 atom stereocenters. The van der Waals surface area contributed by atoms with Gasteiger partial charge in [-0.2, -0.15) is 5.10 Å². The Hall–Kier alpha value is -2.15. The first kappa shape index (κ1) is 11.0. The summed E-state index contributed by atoms with van der Waals surface area (Å²) in [5, 5.41) is 6.17. The van der Waals surface area contributed by atoms with Crippen molar-refractivity contribution in [2.45, 2.75) is 0 Å². The molecule has 0 aliphatic rings. The number of nitrogens with zero attached hydrogens (tertiary/aromatic N) is 3. The maximum Gasteiger partial charge on any atom is 0.348 e. The summed E-state index contributed by atoms with van der Waals surface area (Å²) < 4.78 is 7.72. The third-order valence-electron chi connectivity index (χ3n) is 2.34. The largest absolute Gasteiger partial charge is 0.438 e. The highest BCUT2D eigenvalue weighted by molar-refractivity contribution is 9.10. The predicted octanol–water partition coefficient (Wildman–Crippen LogP) is 1.97. The van der Waals surface area contributed by atoms with E-state index in [1.165, 1.54) is 10.7 Å². The number of fused-ring (bicyclic) bond motifs is 1. The molecule has 1 aromatic carbocycles. The average Bonchev–Trinajstić information content (AvgIpc) is 2.74. The van der Waals surface area contributed by atoms with Crippen molar-refractivity contribution in [3.8, 4) is 11.6 Å². The minimum absolute atomic E-state index is 0.329. The Morgan fingerprint density at radius 3 is 3.00 bits per heavy atom. The third-order valence-corrected chi connectivity index (χ3v) is 2.99. The minimum Gasteiger partial charge on any atom is -0.438 e. The number of hydrogen-bond acceptors (Lipinski definition) is 4. The molecule has 0 radical (unpaired) electrons. The molecule has 0 unspecified atom stereocenters. The van der Waals surface area contributed by atoms with Crippen LogP contribution < -0.4 is 10.4 Å². The lowest BCUT2D eigenvalue weighted by atomic mass is 10.3. The molecule has 0 spiro atoms. The van der Waals surface area contributed by atoms with Crippen LogP contribution >= 0.6 is 15.9 Å². The number of ether oxygens (including phenoxy) is 1. The van der Waals surface area contributed by atoms with Gasteiger partial charge >= 0.3 is 5.69 Å². The Balaban J connectivity index is 2.00. The van der Waals surface area contributed by atoms with E-state index in [0.29, 0.717) is 17.3 Å². The Morgan fingerprint density at radius 1 is 1.33 bits per heavy atom. The summed E-state index contributed by atoms with van der Waals surface area (Å²) >= 11 is 3.38. The highest BCUT2D eigenvalue weighted by Gasteiger charge is 2.06. The van der Waals surface area contributed by atoms with Crippen LogP contribution in [0.3, 0.4) is 0 Å². The Bertz CT molecular complexity index is 765. The van der Waals surface area contributed by atoms with Gasteiger partial charge in [0.2, 0.25) is 5.88 Å². The molecule has 2 heterocycles. The summed E-state index contributed by atoms with van der Waals surface area (Å²) in [7, 11) is 0. The number of hydrogen-bond donors (Lipinski definition) is 1. The van der Waals surface area contributed by atoms with Gasteiger partial charge in [-0.15, -0.1) is 0 Å². The van der Waals surface area contributed by atoms with E-state index in [9.17, 15) is 4.79 Å².